The minimum Gasteiger partial charge on any atom is -0.479 e. The lowest BCUT2D eigenvalue weighted by atomic mass is 9.99. The van der Waals surface area contributed by atoms with Crippen molar-refractivity contribution in [3.63, 3.8) is 0 Å². The minimum absolute atomic E-state index is 0.0661. The third kappa shape index (κ3) is 8.22. The average Bonchev–Trinajstić information content (AvgIpc) is 3.27. The van der Waals surface area contributed by atoms with Gasteiger partial charge in [0.15, 0.2) is 6.10 Å². The van der Waals surface area contributed by atoms with E-state index < -0.39 is 48.5 Å². The second kappa shape index (κ2) is 15.0. The number of rotatable bonds is 8. The molecule has 0 spiro atoms. The molecule has 2 aliphatic heterocycles. The van der Waals surface area contributed by atoms with Gasteiger partial charge in [0.2, 0.25) is 6.29 Å². The highest BCUT2D eigenvalue weighted by atomic mass is 79.9. The minimum atomic E-state index is -1.94. The number of hydrogen-bond acceptors (Lipinski definition) is 10. The van der Waals surface area contributed by atoms with Crippen molar-refractivity contribution < 1.29 is 44.3 Å². The lowest BCUT2D eigenvalue weighted by Gasteiger charge is -2.38. The molecule has 0 bridgehead atoms. The molecule has 15 heteroatoms. The lowest BCUT2D eigenvalue weighted by Crippen LogP contribution is -2.61. The molecule has 47 heavy (non-hydrogen) atoms. The summed E-state index contributed by atoms with van der Waals surface area (Å²) in [5.41, 5.74) is 1.44. The zero-order valence-electron chi connectivity index (χ0n) is 25.2. The fraction of sp³-hybridized carbons (Fsp3) is 0.344. The Bertz CT molecular complexity index is 1610. The number of likely N-dealkylation sites (N-methyl/N-ethyl adjacent to an activating group) is 1. The molecule has 5 rings (SSSR count). The molecule has 0 aliphatic carbocycles. The van der Waals surface area contributed by atoms with Gasteiger partial charge in [-0.05, 0) is 80.7 Å². The summed E-state index contributed by atoms with van der Waals surface area (Å²) in [5.74, 6) is -3.04. The zero-order chi connectivity index (χ0) is 33.8. The summed E-state index contributed by atoms with van der Waals surface area (Å²) < 4.78 is 11.4. The van der Waals surface area contributed by atoms with E-state index in [1.165, 1.54) is 12.1 Å². The molecular formula is C32H34BrClN4O9. The number of nitrogens with zero attached hydrogens (tertiary/aromatic N) is 2. The molecule has 13 nitrogen and oxygen atoms in total. The van der Waals surface area contributed by atoms with E-state index in [2.05, 4.69) is 43.4 Å². The van der Waals surface area contributed by atoms with Crippen LogP contribution in [0, 0.1) is 0 Å². The van der Waals surface area contributed by atoms with E-state index in [1.807, 2.05) is 12.1 Å². The molecule has 2 aliphatic rings. The van der Waals surface area contributed by atoms with Gasteiger partial charge >= 0.3 is 5.97 Å². The van der Waals surface area contributed by atoms with Crippen LogP contribution in [0.1, 0.15) is 27.1 Å². The smallest absolute Gasteiger partial charge is 0.335 e. The molecule has 5 atom stereocenters. The van der Waals surface area contributed by atoms with E-state index >= 15 is 0 Å². The first-order valence-electron chi connectivity index (χ1n) is 14.8. The summed E-state index contributed by atoms with van der Waals surface area (Å²) >= 11 is 9.31. The molecule has 2 heterocycles. The van der Waals surface area contributed by atoms with Gasteiger partial charge in [-0.25, -0.2) is 4.79 Å². The summed E-state index contributed by atoms with van der Waals surface area (Å²) in [6.45, 7) is 3.64. The average molecular weight is 734 g/mol. The molecule has 2 fully saturated rings. The van der Waals surface area contributed by atoms with Gasteiger partial charge in [-0.1, -0.05) is 27.5 Å². The first-order chi connectivity index (χ1) is 22.4. The van der Waals surface area contributed by atoms with E-state index in [1.54, 1.807) is 36.4 Å². The first kappa shape index (κ1) is 34.6. The van der Waals surface area contributed by atoms with Gasteiger partial charge in [-0.15, -0.1) is 0 Å². The third-order valence-electron chi connectivity index (χ3n) is 7.92. The Hall–Kier alpha value is -3.76. The number of nitrogens with one attached hydrogen (secondary N) is 2. The quantitative estimate of drug-likeness (QED) is 0.200. The molecule has 0 radical (unpaired) electrons. The fourth-order valence-electron chi connectivity index (χ4n) is 5.30. The fourth-order valence-corrected chi connectivity index (χ4v) is 5.87. The van der Waals surface area contributed by atoms with Crippen LogP contribution in [-0.2, 0) is 9.53 Å². The van der Waals surface area contributed by atoms with Crippen molar-refractivity contribution in [3.8, 4) is 5.75 Å². The molecule has 6 N–H and O–H groups in total. The van der Waals surface area contributed by atoms with Crippen LogP contribution in [-0.4, -0.2) is 107 Å². The Morgan fingerprint density at radius 2 is 1.60 bits per heavy atom. The maximum atomic E-state index is 13.6. The van der Waals surface area contributed by atoms with Crippen LogP contribution < -0.4 is 20.3 Å². The van der Waals surface area contributed by atoms with Gasteiger partial charge in [-0.3, -0.25) is 9.59 Å². The van der Waals surface area contributed by atoms with E-state index in [0.717, 1.165) is 38.3 Å². The summed E-state index contributed by atoms with van der Waals surface area (Å²) in [5, 5.41) is 46.4. The number of carboxylic acid groups (broad SMARTS) is 1. The summed E-state index contributed by atoms with van der Waals surface area (Å²) in [4.78, 5) is 43.4. The number of aliphatic carboxylic acids is 1. The van der Waals surface area contributed by atoms with Crippen molar-refractivity contribution in [2.24, 2.45) is 0 Å². The molecule has 0 saturated carbocycles. The lowest BCUT2D eigenvalue weighted by molar-refractivity contribution is -0.271. The van der Waals surface area contributed by atoms with Crippen molar-refractivity contribution in [1.29, 1.82) is 0 Å². The second-order valence-corrected chi connectivity index (χ2v) is 12.6. The highest BCUT2D eigenvalue weighted by Crippen LogP contribution is 2.36. The molecule has 3 aromatic carbocycles. The van der Waals surface area contributed by atoms with Crippen LogP contribution in [0.25, 0.3) is 0 Å². The topological polar surface area (TPSA) is 181 Å². The van der Waals surface area contributed by atoms with Gasteiger partial charge in [-0.2, -0.15) is 0 Å². The van der Waals surface area contributed by atoms with Crippen LogP contribution in [0.5, 0.6) is 5.75 Å². The summed E-state index contributed by atoms with van der Waals surface area (Å²) in [6.07, 6.45) is -8.49. The Morgan fingerprint density at radius 1 is 0.894 bits per heavy atom. The SMILES string of the molecule is CN1CCCN(c2ccc(C(=O)Nc3c(O[C@@H]4O[C@H](C(=O)O)[C@@H](O)[C@H](O)[C@H]4O)cc(Br)cc3C(=O)Nc3ccc(Cl)cc3)cc2)CC1. The normalized spacial score (nSPS) is 23.4. The van der Waals surface area contributed by atoms with Gasteiger partial charge in [0, 0.05) is 46.1 Å². The highest BCUT2D eigenvalue weighted by Gasteiger charge is 2.48. The molecule has 0 unspecified atom stereocenters. The Labute approximate surface area is 283 Å². The first-order valence-corrected chi connectivity index (χ1v) is 15.9. The number of halogens is 2. The molecule has 2 amide bonds. The van der Waals surface area contributed by atoms with Crippen LogP contribution in [0.3, 0.4) is 0 Å². The number of benzene rings is 3. The number of carbonyl (C=O) groups excluding carboxylic acids is 2. The Balaban J connectivity index is 1.46. The molecule has 2 saturated heterocycles. The predicted octanol–water partition coefficient (Wildman–Crippen LogP) is 3.02. The molecule has 250 valence electrons. The number of aliphatic hydroxyl groups excluding tert-OH is 3. The maximum absolute atomic E-state index is 13.6. The molecular weight excluding hydrogens is 700 g/mol. The Morgan fingerprint density at radius 3 is 2.28 bits per heavy atom. The van der Waals surface area contributed by atoms with Gasteiger partial charge in [0.25, 0.3) is 11.8 Å². The number of amides is 2. The van der Waals surface area contributed by atoms with Gasteiger partial charge < -0.3 is 50.3 Å². The number of ether oxygens (including phenoxy) is 2. The van der Waals surface area contributed by atoms with Crippen molar-refractivity contribution in [2.75, 3.05) is 48.8 Å². The van der Waals surface area contributed by atoms with Crippen molar-refractivity contribution in [1.82, 2.24) is 4.90 Å². The molecule has 0 aromatic heterocycles. The number of aliphatic hydroxyl groups is 3. The molecule has 3 aromatic rings. The van der Waals surface area contributed by atoms with Gasteiger partial charge in [0.05, 0.1) is 11.3 Å². The third-order valence-corrected chi connectivity index (χ3v) is 8.63. The maximum Gasteiger partial charge on any atom is 0.335 e. The van der Waals surface area contributed by atoms with Crippen LogP contribution in [0.4, 0.5) is 17.1 Å². The largest absolute Gasteiger partial charge is 0.479 e. The monoisotopic (exact) mass is 732 g/mol. The predicted molar refractivity (Wildman–Crippen MR) is 177 cm³/mol. The van der Waals surface area contributed by atoms with Gasteiger partial charge in [0.1, 0.15) is 24.1 Å². The highest BCUT2D eigenvalue weighted by molar-refractivity contribution is 9.10. The van der Waals surface area contributed by atoms with Crippen molar-refractivity contribution in [2.45, 2.75) is 37.1 Å². The van der Waals surface area contributed by atoms with E-state index in [0.29, 0.717) is 15.2 Å². The second-order valence-electron chi connectivity index (χ2n) is 11.3. The van der Waals surface area contributed by atoms with Crippen molar-refractivity contribution >= 4 is 62.4 Å². The Kier molecular flexibility index (Phi) is 11.0. The number of anilines is 3. The van der Waals surface area contributed by atoms with E-state index in [-0.39, 0.29) is 22.6 Å². The summed E-state index contributed by atoms with van der Waals surface area (Å²) in [6, 6.07) is 16.2. The number of carboxylic acids is 1. The standard InChI is InChI=1S/C32H34BrClN4O9/c1-37-11-2-12-38(14-13-37)21-9-3-17(4-10-21)29(42)36-24-22(30(43)35-20-7-5-19(34)6-8-20)15-18(33)16-23(24)46-32-27(41)25(39)26(40)28(47-32)31(44)45/h3-10,15-16,25-28,32,39-41H,2,11-14H2,1H3,(H,35,43)(H,36,42)(H,44,45)/t25-,26-,27+,28-,32+/m0/s1. The summed E-state index contributed by atoms with van der Waals surface area (Å²) in [7, 11) is 2.08. The van der Waals surface area contributed by atoms with E-state index in [4.69, 9.17) is 21.1 Å². The number of hydrogen-bond donors (Lipinski definition) is 6. The van der Waals surface area contributed by atoms with Crippen LogP contribution in [0.15, 0.2) is 65.1 Å². The van der Waals surface area contributed by atoms with Crippen LogP contribution in [0.2, 0.25) is 5.02 Å². The number of carbonyl (C=O) groups is 3. The van der Waals surface area contributed by atoms with E-state index in [9.17, 15) is 34.8 Å². The van der Waals surface area contributed by atoms with Crippen molar-refractivity contribution in [3.05, 3.63) is 81.3 Å². The van der Waals surface area contributed by atoms with Crippen LogP contribution >= 0.6 is 27.5 Å². The zero-order valence-corrected chi connectivity index (χ0v) is 27.5.